The Morgan fingerprint density at radius 3 is 2.64 bits per heavy atom. The van der Waals surface area contributed by atoms with Gasteiger partial charge in [-0.2, -0.15) is 0 Å². The van der Waals surface area contributed by atoms with Crippen LogP contribution in [0.15, 0.2) is 42.5 Å². The molecule has 2 aromatic carbocycles. The normalized spacial score (nSPS) is 16.0. The highest BCUT2D eigenvalue weighted by Crippen LogP contribution is 2.34. The van der Waals surface area contributed by atoms with Gasteiger partial charge in [-0.1, -0.05) is 24.3 Å². The minimum atomic E-state index is -3.44. The lowest BCUT2D eigenvalue weighted by molar-refractivity contribution is 0.0695. The van der Waals surface area contributed by atoms with Crippen molar-refractivity contribution in [3.63, 3.8) is 0 Å². The molecule has 28 heavy (non-hydrogen) atoms. The van der Waals surface area contributed by atoms with Crippen LogP contribution in [-0.4, -0.2) is 37.4 Å². The van der Waals surface area contributed by atoms with Crippen molar-refractivity contribution in [2.24, 2.45) is 0 Å². The smallest absolute Gasteiger partial charge is 0.335 e. The zero-order chi connectivity index (χ0) is 20.3. The van der Waals surface area contributed by atoms with E-state index in [-0.39, 0.29) is 0 Å². The number of aliphatic hydroxyl groups is 1. The predicted molar refractivity (Wildman–Crippen MR) is 108 cm³/mol. The highest BCUT2D eigenvalue weighted by molar-refractivity contribution is 7.92. The molecule has 3 rings (SSSR count). The summed E-state index contributed by atoms with van der Waals surface area (Å²) in [6.45, 7) is 0.329. The number of aryl methyl sites for hydroxylation is 2. The van der Waals surface area contributed by atoms with Gasteiger partial charge in [0.2, 0.25) is 10.0 Å². The van der Waals surface area contributed by atoms with Gasteiger partial charge in [0.15, 0.2) is 0 Å². The standard InChI is InChI=1S/C21H25NO5S/c1-28(26,27)22(17-10-11-18-16(14-17)9-12-20(18)23)13-5-4-7-15-6-2-3-8-19(15)21(24)25/h2-3,6,8,10-11,14,20,23H,4-5,7,9,12-13H2,1H3,(H,24,25). The fraction of sp³-hybridized carbons (Fsp3) is 0.381. The largest absolute Gasteiger partial charge is 0.478 e. The summed E-state index contributed by atoms with van der Waals surface area (Å²) in [4.78, 5) is 11.3. The lowest BCUT2D eigenvalue weighted by Gasteiger charge is -2.23. The molecule has 6 nitrogen and oxygen atoms in total. The summed E-state index contributed by atoms with van der Waals surface area (Å²) in [7, 11) is -3.44. The molecular formula is C21H25NO5S. The molecule has 0 radical (unpaired) electrons. The number of hydrogen-bond acceptors (Lipinski definition) is 4. The van der Waals surface area contributed by atoms with Crippen molar-refractivity contribution in [1.29, 1.82) is 0 Å². The monoisotopic (exact) mass is 403 g/mol. The molecular weight excluding hydrogens is 378 g/mol. The van der Waals surface area contributed by atoms with Gasteiger partial charge in [-0.3, -0.25) is 4.31 Å². The first-order valence-electron chi connectivity index (χ1n) is 9.37. The quantitative estimate of drug-likeness (QED) is 0.660. The fourth-order valence-electron chi connectivity index (χ4n) is 3.74. The second kappa shape index (κ2) is 8.32. The molecule has 0 amide bonds. The Labute approximate surface area is 165 Å². The Balaban J connectivity index is 1.68. The van der Waals surface area contributed by atoms with E-state index in [9.17, 15) is 23.4 Å². The van der Waals surface area contributed by atoms with Crippen molar-refractivity contribution in [3.8, 4) is 0 Å². The number of nitrogens with zero attached hydrogens (tertiary/aromatic N) is 1. The van der Waals surface area contributed by atoms with Gasteiger partial charge in [0, 0.05) is 6.54 Å². The van der Waals surface area contributed by atoms with E-state index >= 15 is 0 Å². The number of aliphatic hydroxyl groups excluding tert-OH is 1. The van der Waals surface area contributed by atoms with Crippen molar-refractivity contribution in [2.45, 2.75) is 38.2 Å². The minimum Gasteiger partial charge on any atom is -0.478 e. The van der Waals surface area contributed by atoms with Crippen LogP contribution >= 0.6 is 0 Å². The lowest BCUT2D eigenvalue weighted by atomic mass is 10.0. The fourth-order valence-corrected chi connectivity index (χ4v) is 4.70. The van der Waals surface area contributed by atoms with Crippen LogP contribution in [0.1, 0.15) is 52.4 Å². The second-order valence-electron chi connectivity index (χ2n) is 7.19. The molecule has 0 aromatic heterocycles. The Kier molecular flexibility index (Phi) is 6.05. The Hall–Kier alpha value is -2.38. The van der Waals surface area contributed by atoms with Crippen LogP contribution in [0.2, 0.25) is 0 Å². The van der Waals surface area contributed by atoms with Gasteiger partial charge in [0.05, 0.1) is 23.6 Å². The van der Waals surface area contributed by atoms with E-state index in [2.05, 4.69) is 0 Å². The minimum absolute atomic E-state index is 0.291. The highest BCUT2D eigenvalue weighted by atomic mass is 32.2. The summed E-state index contributed by atoms with van der Waals surface area (Å²) in [6.07, 6.45) is 4.01. The molecule has 2 N–H and O–H groups in total. The summed E-state index contributed by atoms with van der Waals surface area (Å²) < 4.78 is 26.0. The van der Waals surface area contributed by atoms with Crippen molar-refractivity contribution in [2.75, 3.05) is 17.1 Å². The molecule has 0 saturated heterocycles. The van der Waals surface area contributed by atoms with Gasteiger partial charge in [-0.15, -0.1) is 0 Å². The number of benzene rings is 2. The van der Waals surface area contributed by atoms with Crippen LogP contribution in [0.25, 0.3) is 0 Å². The van der Waals surface area contributed by atoms with Gasteiger partial charge < -0.3 is 10.2 Å². The SMILES string of the molecule is CS(=O)(=O)N(CCCCc1ccccc1C(=O)O)c1ccc2c(c1)CCC2O. The first kappa shape index (κ1) is 20.4. The first-order valence-corrected chi connectivity index (χ1v) is 11.2. The van der Waals surface area contributed by atoms with Crippen LogP contribution in [0.4, 0.5) is 5.69 Å². The Bertz CT molecular complexity index is 971. The van der Waals surface area contributed by atoms with Crippen LogP contribution in [-0.2, 0) is 22.9 Å². The van der Waals surface area contributed by atoms with Gasteiger partial charge in [-0.05, 0) is 67.0 Å². The zero-order valence-electron chi connectivity index (χ0n) is 15.8. The van der Waals surface area contributed by atoms with Gasteiger partial charge >= 0.3 is 5.97 Å². The molecule has 7 heteroatoms. The van der Waals surface area contributed by atoms with Gasteiger partial charge in [0.1, 0.15) is 0 Å². The van der Waals surface area contributed by atoms with Gasteiger partial charge in [-0.25, -0.2) is 13.2 Å². The average Bonchev–Trinajstić information content (AvgIpc) is 3.01. The molecule has 0 heterocycles. The molecule has 1 aliphatic rings. The Morgan fingerprint density at radius 1 is 1.18 bits per heavy atom. The molecule has 1 aliphatic carbocycles. The molecule has 2 aromatic rings. The molecule has 0 spiro atoms. The number of unbranched alkanes of at least 4 members (excludes halogenated alkanes) is 1. The second-order valence-corrected chi connectivity index (χ2v) is 9.10. The molecule has 1 unspecified atom stereocenters. The summed E-state index contributed by atoms with van der Waals surface area (Å²) >= 11 is 0. The summed E-state index contributed by atoms with van der Waals surface area (Å²) in [5.41, 5.74) is 3.53. The van der Waals surface area contributed by atoms with Gasteiger partial charge in [0.25, 0.3) is 0 Å². The summed E-state index contributed by atoms with van der Waals surface area (Å²) in [6, 6.07) is 12.3. The maximum Gasteiger partial charge on any atom is 0.335 e. The maximum absolute atomic E-state index is 12.3. The van der Waals surface area contributed by atoms with Crippen molar-refractivity contribution < 1.29 is 23.4 Å². The van der Waals surface area contributed by atoms with Crippen LogP contribution in [0, 0.1) is 0 Å². The number of hydrogen-bond donors (Lipinski definition) is 2. The molecule has 0 bridgehead atoms. The third-order valence-corrected chi connectivity index (χ3v) is 6.36. The van der Waals surface area contributed by atoms with Crippen molar-refractivity contribution in [1.82, 2.24) is 0 Å². The number of carboxylic acids is 1. The number of fused-ring (bicyclic) bond motifs is 1. The van der Waals surface area contributed by atoms with E-state index in [1.54, 1.807) is 24.3 Å². The van der Waals surface area contributed by atoms with Crippen molar-refractivity contribution >= 4 is 21.7 Å². The zero-order valence-corrected chi connectivity index (χ0v) is 16.7. The number of carboxylic acid groups (broad SMARTS) is 1. The van der Waals surface area contributed by atoms with Crippen LogP contribution in [0.5, 0.6) is 0 Å². The van der Waals surface area contributed by atoms with Crippen LogP contribution < -0.4 is 4.31 Å². The van der Waals surface area contributed by atoms with Crippen LogP contribution in [0.3, 0.4) is 0 Å². The molecule has 0 aliphatic heterocycles. The molecule has 0 saturated carbocycles. The van der Waals surface area contributed by atoms with Crippen molar-refractivity contribution in [3.05, 3.63) is 64.7 Å². The third-order valence-electron chi connectivity index (χ3n) is 5.17. The van der Waals surface area contributed by atoms with E-state index in [1.807, 2.05) is 18.2 Å². The maximum atomic E-state index is 12.3. The number of anilines is 1. The lowest BCUT2D eigenvalue weighted by Crippen LogP contribution is -2.31. The highest BCUT2D eigenvalue weighted by Gasteiger charge is 2.23. The average molecular weight is 404 g/mol. The third kappa shape index (κ3) is 4.54. The number of carbonyl (C=O) groups is 1. The molecule has 150 valence electrons. The summed E-state index contributed by atoms with van der Waals surface area (Å²) in [5, 5.41) is 19.2. The Morgan fingerprint density at radius 2 is 1.93 bits per heavy atom. The molecule has 1 atom stereocenters. The topological polar surface area (TPSA) is 94.9 Å². The van der Waals surface area contributed by atoms with E-state index in [0.717, 1.165) is 23.1 Å². The summed E-state index contributed by atoms with van der Waals surface area (Å²) in [5.74, 6) is -0.950. The number of rotatable bonds is 8. The van der Waals surface area contributed by atoms with E-state index in [0.29, 0.717) is 43.5 Å². The van der Waals surface area contributed by atoms with E-state index in [1.165, 1.54) is 10.6 Å². The predicted octanol–water partition coefficient (Wildman–Crippen LogP) is 3.15. The van der Waals surface area contributed by atoms with E-state index < -0.39 is 22.1 Å². The van der Waals surface area contributed by atoms with E-state index in [4.69, 9.17) is 0 Å². The molecule has 0 fully saturated rings. The number of aromatic carboxylic acids is 1. The number of sulfonamides is 1. The first-order chi connectivity index (χ1) is 13.3.